The van der Waals surface area contributed by atoms with E-state index in [0.717, 1.165) is 16.9 Å². The van der Waals surface area contributed by atoms with Crippen LogP contribution in [-0.4, -0.2) is 17.5 Å². The van der Waals surface area contributed by atoms with Gasteiger partial charge in [0.1, 0.15) is 5.75 Å². The van der Waals surface area contributed by atoms with Crippen LogP contribution in [0.2, 0.25) is 0 Å². The summed E-state index contributed by atoms with van der Waals surface area (Å²) in [7, 11) is 0. The van der Waals surface area contributed by atoms with Gasteiger partial charge in [-0.3, -0.25) is 9.78 Å². The summed E-state index contributed by atoms with van der Waals surface area (Å²) in [6, 6.07) is 9.59. The zero-order valence-corrected chi connectivity index (χ0v) is 12.6. The van der Waals surface area contributed by atoms with Crippen molar-refractivity contribution < 1.29 is 9.53 Å². The summed E-state index contributed by atoms with van der Waals surface area (Å²) < 4.78 is 5.56. The summed E-state index contributed by atoms with van der Waals surface area (Å²) in [5.74, 6) is 0.594. The van der Waals surface area contributed by atoms with E-state index in [1.807, 2.05) is 51.1 Å². The number of aromatic nitrogens is 1. The van der Waals surface area contributed by atoms with Gasteiger partial charge in [0.15, 0.2) is 6.61 Å². The average Bonchev–Trinajstić information content (AvgIpc) is 2.47. The number of pyridine rings is 1. The summed E-state index contributed by atoms with van der Waals surface area (Å²) in [5.41, 5.74) is 3.18. The molecule has 1 aromatic heterocycles. The number of hydrogen-bond acceptors (Lipinski definition) is 3. The van der Waals surface area contributed by atoms with Crippen LogP contribution in [-0.2, 0) is 4.79 Å². The standard InChI is InChI=1S/C17H20N2O2/c1-12-6-7-16(13(2)9-12)21-11-17(20)19-14(3)15-5-4-8-18-10-15/h4-10,14H,11H2,1-3H3,(H,19,20). The third-order valence-corrected chi connectivity index (χ3v) is 3.25. The first-order valence-electron chi connectivity index (χ1n) is 6.95. The van der Waals surface area contributed by atoms with Crippen LogP contribution in [0.3, 0.4) is 0 Å². The zero-order chi connectivity index (χ0) is 15.2. The minimum Gasteiger partial charge on any atom is -0.484 e. The Hall–Kier alpha value is -2.36. The molecule has 0 radical (unpaired) electrons. The van der Waals surface area contributed by atoms with Gasteiger partial charge in [0, 0.05) is 12.4 Å². The van der Waals surface area contributed by atoms with Crippen molar-refractivity contribution in [2.24, 2.45) is 0 Å². The molecule has 0 saturated carbocycles. The predicted molar refractivity (Wildman–Crippen MR) is 82.2 cm³/mol. The fourth-order valence-corrected chi connectivity index (χ4v) is 2.10. The molecular weight excluding hydrogens is 264 g/mol. The van der Waals surface area contributed by atoms with Crippen molar-refractivity contribution in [3.05, 3.63) is 59.4 Å². The molecule has 0 spiro atoms. The fourth-order valence-electron chi connectivity index (χ4n) is 2.10. The number of nitrogens with zero attached hydrogens (tertiary/aromatic N) is 1. The monoisotopic (exact) mass is 284 g/mol. The molecule has 2 rings (SSSR count). The van der Waals surface area contributed by atoms with Crippen molar-refractivity contribution in [1.82, 2.24) is 10.3 Å². The summed E-state index contributed by atoms with van der Waals surface area (Å²) >= 11 is 0. The Balaban J connectivity index is 1.87. The molecule has 0 saturated heterocycles. The lowest BCUT2D eigenvalue weighted by molar-refractivity contribution is -0.123. The molecule has 4 nitrogen and oxygen atoms in total. The van der Waals surface area contributed by atoms with E-state index >= 15 is 0 Å². The van der Waals surface area contributed by atoms with Crippen LogP contribution in [0.25, 0.3) is 0 Å². The topological polar surface area (TPSA) is 51.2 Å². The predicted octanol–water partition coefficient (Wildman–Crippen LogP) is 2.95. The van der Waals surface area contributed by atoms with Gasteiger partial charge in [-0.25, -0.2) is 0 Å². The second-order valence-electron chi connectivity index (χ2n) is 5.13. The fraction of sp³-hybridized carbons (Fsp3) is 0.294. The highest BCUT2D eigenvalue weighted by Gasteiger charge is 2.10. The number of hydrogen-bond donors (Lipinski definition) is 1. The zero-order valence-electron chi connectivity index (χ0n) is 12.6. The first-order chi connectivity index (χ1) is 10.1. The van der Waals surface area contributed by atoms with E-state index in [2.05, 4.69) is 10.3 Å². The summed E-state index contributed by atoms with van der Waals surface area (Å²) in [4.78, 5) is 16.0. The lowest BCUT2D eigenvalue weighted by Gasteiger charge is -2.15. The van der Waals surface area contributed by atoms with Gasteiger partial charge in [0.25, 0.3) is 5.91 Å². The number of carbonyl (C=O) groups excluding carboxylic acids is 1. The Kier molecular flexibility index (Phi) is 4.93. The van der Waals surface area contributed by atoms with Crippen LogP contribution < -0.4 is 10.1 Å². The average molecular weight is 284 g/mol. The number of benzene rings is 1. The van der Waals surface area contributed by atoms with Gasteiger partial charge in [-0.15, -0.1) is 0 Å². The number of amides is 1. The van der Waals surface area contributed by atoms with Crippen LogP contribution >= 0.6 is 0 Å². The Morgan fingerprint density at radius 1 is 1.33 bits per heavy atom. The largest absolute Gasteiger partial charge is 0.484 e. The second kappa shape index (κ2) is 6.88. The van der Waals surface area contributed by atoms with E-state index in [4.69, 9.17) is 4.74 Å². The smallest absolute Gasteiger partial charge is 0.258 e. The van der Waals surface area contributed by atoms with E-state index < -0.39 is 0 Å². The lowest BCUT2D eigenvalue weighted by Crippen LogP contribution is -2.31. The molecule has 0 fully saturated rings. The number of carbonyl (C=O) groups is 1. The van der Waals surface area contributed by atoms with E-state index in [9.17, 15) is 4.79 Å². The van der Waals surface area contributed by atoms with E-state index in [1.54, 1.807) is 12.4 Å². The third kappa shape index (κ3) is 4.31. The first kappa shape index (κ1) is 15.0. The summed E-state index contributed by atoms with van der Waals surface area (Å²) in [6.45, 7) is 5.93. The van der Waals surface area contributed by atoms with Crippen LogP contribution in [0.1, 0.15) is 29.7 Å². The van der Waals surface area contributed by atoms with Gasteiger partial charge < -0.3 is 10.1 Å². The van der Waals surface area contributed by atoms with Crippen molar-refractivity contribution in [3.63, 3.8) is 0 Å². The van der Waals surface area contributed by atoms with Crippen molar-refractivity contribution in [3.8, 4) is 5.75 Å². The molecule has 1 amide bonds. The van der Waals surface area contributed by atoms with Crippen molar-refractivity contribution in [2.45, 2.75) is 26.8 Å². The maximum Gasteiger partial charge on any atom is 0.258 e. The first-order valence-corrected chi connectivity index (χ1v) is 6.95. The van der Waals surface area contributed by atoms with Crippen LogP contribution in [0, 0.1) is 13.8 Å². The minimum absolute atomic E-state index is 0.00844. The molecule has 4 heteroatoms. The quantitative estimate of drug-likeness (QED) is 0.918. The highest BCUT2D eigenvalue weighted by atomic mass is 16.5. The molecule has 1 unspecified atom stereocenters. The van der Waals surface area contributed by atoms with Gasteiger partial charge in [0.2, 0.25) is 0 Å². The Morgan fingerprint density at radius 2 is 2.14 bits per heavy atom. The second-order valence-corrected chi connectivity index (χ2v) is 5.13. The number of rotatable bonds is 5. The summed E-state index contributed by atoms with van der Waals surface area (Å²) in [5, 5.41) is 2.89. The number of ether oxygens (including phenoxy) is 1. The molecule has 1 N–H and O–H groups in total. The molecule has 2 aromatic rings. The molecule has 0 aliphatic heterocycles. The van der Waals surface area contributed by atoms with Gasteiger partial charge in [-0.2, -0.15) is 0 Å². The highest BCUT2D eigenvalue weighted by Crippen LogP contribution is 2.18. The number of nitrogens with one attached hydrogen (secondary N) is 1. The number of aryl methyl sites for hydroxylation is 2. The van der Waals surface area contributed by atoms with Gasteiger partial charge in [0.05, 0.1) is 6.04 Å². The van der Waals surface area contributed by atoms with Crippen LogP contribution in [0.15, 0.2) is 42.7 Å². The van der Waals surface area contributed by atoms with Crippen LogP contribution in [0.5, 0.6) is 5.75 Å². The molecule has 1 atom stereocenters. The Bertz CT molecular complexity index is 611. The van der Waals surface area contributed by atoms with Gasteiger partial charge in [-0.05, 0) is 44.0 Å². The Morgan fingerprint density at radius 3 is 2.81 bits per heavy atom. The van der Waals surface area contributed by atoms with Crippen molar-refractivity contribution in [1.29, 1.82) is 0 Å². The molecule has 1 heterocycles. The maximum atomic E-state index is 11.9. The van der Waals surface area contributed by atoms with Gasteiger partial charge >= 0.3 is 0 Å². The lowest BCUT2D eigenvalue weighted by atomic mass is 10.1. The Labute approximate surface area is 125 Å². The third-order valence-electron chi connectivity index (χ3n) is 3.25. The molecule has 110 valence electrons. The van der Waals surface area contributed by atoms with E-state index in [1.165, 1.54) is 5.56 Å². The van der Waals surface area contributed by atoms with Gasteiger partial charge in [-0.1, -0.05) is 23.8 Å². The molecule has 0 aliphatic rings. The molecule has 0 aliphatic carbocycles. The highest BCUT2D eigenvalue weighted by molar-refractivity contribution is 5.78. The van der Waals surface area contributed by atoms with Crippen molar-refractivity contribution in [2.75, 3.05) is 6.61 Å². The normalized spacial score (nSPS) is 11.8. The van der Waals surface area contributed by atoms with E-state index in [0.29, 0.717) is 0 Å². The molecular formula is C17H20N2O2. The van der Waals surface area contributed by atoms with Crippen LogP contribution in [0.4, 0.5) is 0 Å². The maximum absolute atomic E-state index is 11.9. The van der Waals surface area contributed by atoms with E-state index in [-0.39, 0.29) is 18.6 Å². The molecule has 21 heavy (non-hydrogen) atoms. The SMILES string of the molecule is Cc1ccc(OCC(=O)NC(C)c2cccnc2)c(C)c1. The summed E-state index contributed by atoms with van der Waals surface area (Å²) in [6.07, 6.45) is 3.46. The minimum atomic E-state index is -0.147. The molecule has 1 aromatic carbocycles. The molecule has 0 bridgehead atoms. The van der Waals surface area contributed by atoms with Crippen molar-refractivity contribution >= 4 is 5.91 Å².